The van der Waals surface area contributed by atoms with E-state index in [-0.39, 0.29) is 10.8 Å². The highest BCUT2D eigenvalue weighted by Gasteiger charge is 2.28. The van der Waals surface area contributed by atoms with Crippen molar-refractivity contribution >= 4 is 33.4 Å². The van der Waals surface area contributed by atoms with Crippen molar-refractivity contribution in [3.8, 4) is 5.75 Å². The molecule has 2 aliphatic rings. The minimum Gasteiger partial charge on any atom is -0.497 e. The van der Waals surface area contributed by atoms with E-state index in [1.807, 2.05) is 24.3 Å². The predicted octanol–water partition coefficient (Wildman–Crippen LogP) is 2.20. The summed E-state index contributed by atoms with van der Waals surface area (Å²) in [5.74, 6) is 0.376. The maximum atomic E-state index is 13.2. The fourth-order valence-corrected chi connectivity index (χ4v) is 5.29. The van der Waals surface area contributed by atoms with Gasteiger partial charge in [0.05, 0.1) is 49.8 Å². The van der Waals surface area contributed by atoms with Crippen LogP contribution in [0.5, 0.6) is 5.75 Å². The summed E-state index contributed by atoms with van der Waals surface area (Å²) >= 11 is 0. The second-order valence-corrected chi connectivity index (χ2v) is 9.83. The second kappa shape index (κ2) is 11.0. The minimum absolute atomic E-state index is 0.140. The highest BCUT2D eigenvalue weighted by molar-refractivity contribution is 7.89. The van der Waals surface area contributed by atoms with Crippen LogP contribution >= 0.6 is 0 Å². The molecule has 1 amide bonds. The van der Waals surface area contributed by atoms with Crippen LogP contribution in [0.4, 0.5) is 11.4 Å². The summed E-state index contributed by atoms with van der Waals surface area (Å²) in [7, 11) is -2.11. The number of ether oxygens (including phenoxy) is 3. The Kier molecular flexibility index (Phi) is 7.84. The molecule has 2 fully saturated rings. The Morgan fingerprint density at radius 1 is 0.971 bits per heavy atom. The predicted molar refractivity (Wildman–Crippen MR) is 130 cm³/mol. The van der Waals surface area contributed by atoms with Crippen LogP contribution in [0.3, 0.4) is 0 Å². The summed E-state index contributed by atoms with van der Waals surface area (Å²) in [5, 5.41) is 2.88. The number of amides is 1. The highest BCUT2D eigenvalue weighted by Crippen LogP contribution is 2.31. The monoisotopic (exact) mass is 487 g/mol. The zero-order chi connectivity index (χ0) is 24.0. The molecule has 0 unspecified atom stereocenters. The Morgan fingerprint density at radius 3 is 2.26 bits per heavy atom. The molecule has 182 valence electrons. The van der Waals surface area contributed by atoms with E-state index in [9.17, 15) is 13.2 Å². The molecule has 34 heavy (non-hydrogen) atoms. The SMILES string of the molecule is COc1ccc(/C=C/C(=O)Nc2cc(S(=O)(=O)N3CCOCC3)ccc2N2CCOCC2)cc1. The molecule has 2 aromatic carbocycles. The van der Waals surface area contributed by atoms with Gasteiger partial charge < -0.3 is 24.4 Å². The fourth-order valence-electron chi connectivity index (χ4n) is 3.85. The fraction of sp³-hybridized carbons (Fsp3) is 0.375. The minimum atomic E-state index is -3.70. The van der Waals surface area contributed by atoms with Crippen molar-refractivity contribution in [1.29, 1.82) is 0 Å². The van der Waals surface area contributed by atoms with Gasteiger partial charge in [-0.1, -0.05) is 12.1 Å². The van der Waals surface area contributed by atoms with Gasteiger partial charge in [0.2, 0.25) is 15.9 Å². The molecule has 0 bridgehead atoms. The number of nitrogens with one attached hydrogen (secondary N) is 1. The van der Waals surface area contributed by atoms with Crippen LogP contribution in [-0.2, 0) is 24.3 Å². The summed E-state index contributed by atoms with van der Waals surface area (Å²) in [6, 6.07) is 12.2. The molecule has 0 atom stereocenters. The number of nitrogens with zero attached hydrogens (tertiary/aromatic N) is 2. The normalized spacial score (nSPS) is 17.6. The number of hydrogen-bond acceptors (Lipinski definition) is 7. The van der Waals surface area contributed by atoms with E-state index in [4.69, 9.17) is 14.2 Å². The van der Waals surface area contributed by atoms with Gasteiger partial charge in [-0.3, -0.25) is 4.79 Å². The van der Waals surface area contributed by atoms with E-state index >= 15 is 0 Å². The van der Waals surface area contributed by atoms with Crippen LogP contribution in [0.25, 0.3) is 6.08 Å². The molecule has 2 saturated heterocycles. The van der Waals surface area contributed by atoms with Crippen molar-refractivity contribution in [3.63, 3.8) is 0 Å². The van der Waals surface area contributed by atoms with Crippen molar-refractivity contribution < 1.29 is 27.4 Å². The molecule has 9 nitrogen and oxygen atoms in total. The average molecular weight is 488 g/mol. The maximum absolute atomic E-state index is 13.2. The molecule has 2 aliphatic heterocycles. The Morgan fingerprint density at radius 2 is 1.62 bits per heavy atom. The van der Waals surface area contributed by atoms with Crippen molar-refractivity contribution in [1.82, 2.24) is 4.31 Å². The maximum Gasteiger partial charge on any atom is 0.248 e. The molecular weight excluding hydrogens is 458 g/mol. The summed E-state index contributed by atoms with van der Waals surface area (Å²) in [6.45, 7) is 3.78. The van der Waals surface area contributed by atoms with Gasteiger partial charge in [-0.25, -0.2) is 8.42 Å². The largest absolute Gasteiger partial charge is 0.497 e. The van der Waals surface area contributed by atoms with Crippen LogP contribution in [0, 0.1) is 0 Å². The van der Waals surface area contributed by atoms with E-state index in [0.29, 0.717) is 58.3 Å². The van der Waals surface area contributed by atoms with Gasteiger partial charge in [0, 0.05) is 32.3 Å². The van der Waals surface area contributed by atoms with Crippen molar-refractivity contribution in [3.05, 3.63) is 54.1 Å². The first-order valence-corrected chi connectivity index (χ1v) is 12.6. The van der Waals surface area contributed by atoms with E-state index in [2.05, 4.69) is 10.2 Å². The smallest absolute Gasteiger partial charge is 0.248 e. The summed E-state index contributed by atoms with van der Waals surface area (Å²) in [6.07, 6.45) is 3.12. The zero-order valence-corrected chi connectivity index (χ0v) is 19.9. The van der Waals surface area contributed by atoms with Crippen molar-refractivity contribution in [2.75, 3.05) is 69.9 Å². The van der Waals surface area contributed by atoms with Gasteiger partial charge in [-0.15, -0.1) is 0 Å². The molecule has 2 heterocycles. The Hall–Kier alpha value is -2.92. The standard InChI is InChI=1S/C24H29N3O6S/c1-31-20-5-2-19(3-6-20)4-9-24(28)25-22-18-21(34(29,30)27-12-16-33-17-13-27)7-8-23(22)26-10-14-32-15-11-26/h2-9,18H,10-17H2,1H3,(H,25,28)/b9-4+. The number of sulfonamides is 1. The number of hydrogen-bond donors (Lipinski definition) is 1. The Balaban J connectivity index is 1.58. The molecule has 4 rings (SSSR count). The van der Waals surface area contributed by atoms with E-state index in [1.54, 1.807) is 25.3 Å². The number of morpholine rings is 2. The number of rotatable bonds is 7. The molecule has 0 saturated carbocycles. The third-order valence-corrected chi connectivity index (χ3v) is 7.62. The molecule has 0 spiro atoms. The molecule has 1 N–H and O–H groups in total. The summed E-state index contributed by atoms with van der Waals surface area (Å²) in [4.78, 5) is 15.0. The van der Waals surface area contributed by atoms with Gasteiger partial charge in [0.1, 0.15) is 5.75 Å². The van der Waals surface area contributed by atoms with E-state index < -0.39 is 10.0 Å². The average Bonchev–Trinajstić information content (AvgIpc) is 2.89. The number of anilines is 2. The van der Waals surface area contributed by atoms with Crippen LogP contribution in [0.1, 0.15) is 5.56 Å². The number of carbonyl (C=O) groups is 1. The second-order valence-electron chi connectivity index (χ2n) is 7.89. The summed E-state index contributed by atoms with van der Waals surface area (Å²) < 4.78 is 43.6. The van der Waals surface area contributed by atoms with Crippen LogP contribution < -0.4 is 15.0 Å². The van der Waals surface area contributed by atoms with E-state index in [0.717, 1.165) is 17.0 Å². The van der Waals surface area contributed by atoms with Gasteiger partial charge in [0.25, 0.3) is 0 Å². The molecule has 2 aromatic rings. The lowest BCUT2D eigenvalue weighted by molar-refractivity contribution is -0.111. The quantitative estimate of drug-likeness (QED) is 0.598. The molecule has 0 radical (unpaired) electrons. The first-order valence-electron chi connectivity index (χ1n) is 11.1. The van der Waals surface area contributed by atoms with Gasteiger partial charge in [-0.2, -0.15) is 4.31 Å². The lowest BCUT2D eigenvalue weighted by Crippen LogP contribution is -2.40. The molecule has 0 aliphatic carbocycles. The number of carbonyl (C=O) groups excluding carboxylic acids is 1. The van der Waals surface area contributed by atoms with E-state index in [1.165, 1.54) is 16.4 Å². The lowest BCUT2D eigenvalue weighted by atomic mass is 10.2. The van der Waals surface area contributed by atoms with Gasteiger partial charge in [0.15, 0.2) is 0 Å². The van der Waals surface area contributed by atoms with Crippen LogP contribution in [0.15, 0.2) is 53.4 Å². The molecular formula is C24H29N3O6S. The van der Waals surface area contributed by atoms with Gasteiger partial charge in [-0.05, 0) is 42.0 Å². The zero-order valence-electron chi connectivity index (χ0n) is 19.1. The topological polar surface area (TPSA) is 97.4 Å². The Labute approximate surface area is 199 Å². The molecule has 10 heteroatoms. The third-order valence-electron chi connectivity index (χ3n) is 5.73. The van der Waals surface area contributed by atoms with Crippen molar-refractivity contribution in [2.24, 2.45) is 0 Å². The number of benzene rings is 2. The Bertz CT molecular complexity index is 1120. The highest BCUT2D eigenvalue weighted by atomic mass is 32.2. The van der Waals surface area contributed by atoms with Crippen molar-refractivity contribution in [2.45, 2.75) is 4.90 Å². The molecule has 0 aromatic heterocycles. The van der Waals surface area contributed by atoms with Crippen LogP contribution in [-0.4, -0.2) is 78.3 Å². The van der Waals surface area contributed by atoms with Crippen LogP contribution in [0.2, 0.25) is 0 Å². The van der Waals surface area contributed by atoms with Gasteiger partial charge >= 0.3 is 0 Å². The number of methoxy groups -OCH3 is 1. The lowest BCUT2D eigenvalue weighted by Gasteiger charge is -2.31. The first kappa shape index (κ1) is 24.2. The first-order chi connectivity index (χ1) is 16.5. The summed E-state index contributed by atoms with van der Waals surface area (Å²) in [5.41, 5.74) is 2.05. The third kappa shape index (κ3) is 5.76.